The van der Waals surface area contributed by atoms with E-state index >= 15 is 0 Å². The smallest absolute Gasteiger partial charge is 0.252 e. The van der Waals surface area contributed by atoms with Gasteiger partial charge in [-0.3, -0.25) is 4.79 Å². The second kappa shape index (κ2) is 7.22. The fourth-order valence-corrected chi connectivity index (χ4v) is 3.33. The third-order valence-electron chi connectivity index (χ3n) is 2.76. The first-order valence-electron chi connectivity index (χ1n) is 5.92. The number of thiophene rings is 1. The van der Waals surface area contributed by atoms with Crippen LogP contribution in [-0.2, 0) is 4.74 Å². The lowest BCUT2D eigenvalue weighted by molar-refractivity contribution is 0.0837. The van der Waals surface area contributed by atoms with Crippen LogP contribution in [-0.4, -0.2) is 19.6 Å². The number of amides is 1. The largest absolute Gasteiger partial charge is 0.374 e. The van der Waals surface area contributed by atoms with Crippen molar-refractivity contribution >= 4 is 44.8 Å². The lowest BCUT2D eigenvalue weighted by Crippen LogP contribution is -2.29. The average Bonchev–Trinajstić information content (AvgIpc) is 2.86. The molecule has 1 amide bonds. The van der Waals surface area contributed by atoms with Gasteiger partial charge in [-0.15, -0.1) is 11.3 Å². The zero-order valence-corrected chi connectivity index (χ0v) is 13.9. The summed E-state index contributed by atoms with van der Waals surface area (Å²) in [6, 6.07) is 11.0. The highest BCUT2D eigenvalue weighted by Crippen LogP contribution is 2.28. The van der Waals surface area contributed by atoms with Gasteiger partial charge in [-0.1, -0.05) is 23.7 Å². The molecule has 1 atom stereocenters. The summed E-state index contributed by atoms with van der Waals surface area (Å²) in [4.78, 5) is 13.1. The van der Waals surface area contributed by atoms with E-state index in [1.807, 2.05) is 30.3 Å². The van der Waals surface area contributed by atoms with Crippen molar-refractivity contribution in [2.75, 3.05) is 13.7 Å². The number of carbonyl (C=O) groups excluding carboxylic acids is 1. The van der Waals surface area contributed by atoms with Crippen LogP contribution >= 0.6 is 38.9 Å². The molecule has 0 saturated heterocycles. The quantitative estimate of drug-likeness (QED) is 0.848. The molecule has 0 aliphatic rings. The van der Waals surface area contributed by atoms with Crippen molar-refractivity contribution in [3.8, 4) is 0 Å². The zero-order chi connectivity index (χ0) is 14.5. The van der Waals surface area contributed by atoms with E-state index in [-0.39, 0.29) is 12.0 Å². The fraction of sp³-hybridized carbons (Fsp3) is 0.214. The van der Waals surface area contributed by atoms with Gasteiger partial charge in [0.25, 0.3) is 5.91 Å². The Labute approximate surface area is 135 Å². The van der Waals surface area contributed by atoms with Gasteiger partial charge in [-0.05, 0) is 40.2 Å². The molecule has 1 aromatic heterocycles. The minimum absolute atomic E-state index is 0.137. The van der Waals surface area contributed by atoms with Crippen molar-refractivity contribution < 1.29 is 9.53 Å². The molecular formula is C14H13BrClNO2S. The van der Waals surface area contributed by atoms with Crippen LogP contribution in [0.4, 0.5) is 0 Å². The molecule has 0 bridgehead atoms. The Balaban J connectivity index is 2.00. The van der Waals surface area contributed by atoms with Crippen LogP contribution < -0.4 is 5.32 Å². The monoisotopic (exact) mass is 373 g/mol. The second-order valence-corrected chi connectivity index (χ2v) is 6.66. The highest BCUT2D eigenvalue weighted by Gasteiger charge is 2.16. The standard InChI is InChI=1S/C14H13BrClNO2S/c1-19-11(12-6-7-13(16)20-12)8-17-14(18)9-4-2-3-5-10(9)15/h2-7,11H,8H2,1H3,(H,17,18)/t11-/m1/s1. The van der Waals surface area contributed by atoms with Gasteiger partial charge < -0.3 is 10.1 Å². The molecule has 1 aromatic carbocycles. The van der Waals surface area contributed by atoms with E-state index in [9.17, 15) is 4.79 Å². The molecule has 1 heterocycles. The molecule has 2 rings (SSSR count). The molecule has 0 unspecified atom stereocenters. The third kappa shape index (κ3) is 3.82. The van der Waals surface area contributed by atoms with Gasteiger partial charge in [-0.25, -0.2) is 0 Å². The Bertz CT molecular complexity index is 602. The highest BCUT2D eigenvalue weighted by molar-refractivity contribution is 9.10. The number of nitrogens with one attached hydrogen (secondary N) is 1. The number of halogens is 2. The maximum Gasteiger partial charge on any atom is 0.252 e. The van der Waals surface area contributed by atoms with Crippen molar-refractivity contribution in [3.05, 3.63) is 55.6 Å². The molecule has 0 radical (unpaired) electrons. The Kier molecular flexibility index (Phi) is 5.60. The minimum Gasteiger partial charge on any atom is -0.374 e. The number of ether oxygens (including phenoxy) is 1. The highest BCUT2D eigenvalue weighted by atomic mass is 79.9. The van der Waals surface area contributed by atoms with Crippen LogP contribution in [0.15, 0.2) is 40.9 Å². The van der Waals surface area contributed by atoms with Crippen molar-refractivity contribution in [1.82, 2.24) is 5.32 Å². The molecule has 20 heavy (non-hydrogen) atoms. The third-order valence-corrected chi connectivity index (χ3v) is 4.78. The van der Waals surface area contributed by atoms with Gasteiger partial charge in [0.1, 0.15) is 6.10 Å². The summed E-state index contributed by atoms with van der Waals surface area (Å²) in [5, 5.41) is 2.87. The van der Waals surface area contributed by atoms with Gasteiger partial charge in [-0.2, -0.15) is 0 Å². The van der Waals surface area contributed by atoms with Crippen LogP contribution in [0.3, 0.4) is 0 Å². The molecule has 0 saturated carbocycles. The van der Waals surface area contributed by atoms with Crippen LogP contribution in [0.5, 0.6) is 0 Å². The molecule has 0 spiro atoms. The number of methoxy groups -OCH3 is 1. The molecule has 0 fully saturated rings. The van der Waals surface area contributed by atoms with Gasteiger partial charge in [0.05, 0.1) is 9.90 Å². The van der Waals surface area contributed by atoms with Gasteiger partial charge in [0.15, 0.2) is 0 Å². The first kappa shape index (κ1) is 15.5. The molecule has 6 heteroatoms. The number of rotatable bonds is 5. The molecule has 0 aliphatic carbocycles. The maximum atomic E-state index is 12.1. The van der Waals surface area contributed by atoms with E-state index in [1.165, 1.54) is 11.3 Å². The predicted molar refractivity (Wildman–Crippen MR) is 85.6 cm³/mol. The average molecular weight is 375 g/mol. The summed E-state index contributed by atoms with van der Waals surface area (Å²) < 4.78 is 6.87. The summed E-state index contributed by atoms with van der Waals surface area (Å²) in [5.41, 5.74) is 0.603. The molecule has 2 aromatic rings. The van der Waals surface area contributed by atoms with E-state index in [4.69, 9.17) is 16.3 Å². The lowest BCUT2D eigenvalue weighted by atomic mass is 10.2. The van der Waals surface area contributed by atoms with Crippen LogP contribution in [0.2, 0.25) is 4.34 Å². The van der Waals surface area contributed by atoms with E-state index in [0.717, 1.165) is 9.35 Å². The number of hydrogen-bond acceptors (Lipinski definition) is 3. The van der Waals surface area contributed by atoms with E-state index in [0.29, 0.717) is 16.4 Å². The van der Waals surface area contributed by atoms with Crippen LogP contribution in [0.25, 0.3) is 0 Å². The maximum absolute atomic E-state index is 12.1. The molecule has 0 aliphatic heterocycles. The van der Waals surface area contributed by atoms with Crippen LogP contribution in [0, 0.1) is 0 Å². The SMILES string of the molecule is CO[C@H](CNC(=O)c1ccccc1Br)c1ccc(Cl)s1. The van der Waals surface area contributed by atoms with E-state index in [1.54, 1.807) is 13.2 Å². The molecule has 3 nitrogen and oxygen atoms in total. The summed E-state index contributed by atoms with van der Waals surface area (Å²) in [6.45, 7) is 0.396. The first-order valence-corrected chi connectivity index (χ1v) is 7.91. The van der Waals surface area contributed by atoms with E-state index < -0.39 is 0 Å². The van der Waals surface area contributed by atoms with Crippen molar-refractivity contribution in [1.29, 1.82) is 0 Å². The summed E-state index contributed by atoms with van der Waals surface area (Å²) in [6.07, 6.45) is -0.195. The van der Waals surface area contributed by atoms with Gasteiger partial charge in [0.2, 0.25) is 0 Å². The fourth-order valence-electron chi connectivity index (χ4n) is 1.73. The second-order valence-electron chi connectivity index (χ2n) is 4.06. The van der Waals surface area contributed by atoms with Gasteiger partial charge >= 0.3 is 0 Å². The number of benzene rings is 1. The molecular weight excluding hydrogens is 362 g/mol. The number of hydrogen-bond donors (Lipinski definition) is 1. The van der Waals surface area contributed by atoms with Gasteiger partial charge in [0, 0.05) is 23.0 Å². The topological polar surface area (TPSA) is 38.3 Å². The minimum atomic E-state index is -0.195. The summed E-state index contributed by atoms with van der Waals surface area (Å²) in [7, 11) is 1.61. The molecule has 1 N–H and O–H groups in total. The predicted octanol–water partition coefficient (Wildman–Crippen LogP) is 4.28. The normalized spacial score (nSPS) is 12.2. The van der Waals surface area contributed by atoms with Crippen LogP contribution in [0.1, 0.15) is 21.3 Å². The Morgan fingerprint density at radius 1 is 1.40 bits per heavy atom. The first-order chi connectivity index (χ1) is 9.61. The Hall–Kier alpha value is -0.880. The zero-order valence-electron chi connectivity index (χ0n) is 10.7. The Morgan fingerprint density at radius 3 is 2.75 bits per heavy atom. The summed E-state index contributed by atoms with van der Waals surface area (Å²) in [5.74, 6) is -0.137. The lowest BCUT2D eigenvalue weighted by Gasteiger charge is -2.15. The van der Waals surface area contributed by atoms with Crippen molar-refractivity contribution in [2.24, 2.45) is 0 Å². The van der Waals surface area contributed by atoms with E-state index in [2.05, 4.69) is 21.2 Å². The number of carbonyl (C=O) groups is 1. The Morgan fingerprint density at radius 2 is 2.15 bits per heavy atom. The van der Waals surface area contributed by atoms with Crippen molar-refractivity contribution in [3.63, 3.8) is 0 Å². The molecule has 106 valence electrons. The summed E-state index contributed by atoms with van der Waals surface area (Å²) >= 11 is 10.7. The van der Waals surface area contributed by atoms with Crippen molar-refractivity contribution in [2.45, 2.75) is 6.10 Å².